The van der Waals surface area contributed by atoms with E-state index in [2.05, 4.69) is 5.32 Å². The van der Waals surface area contributed by atoms with Crippen LogP contribution in [0.4, 0.5) is 0 Å². The summed E-state index contributed by atoms with van der Waals surface area (Å²) in [5.41, 5.74) is -0.324. The number of amides is 1. The maximum atomic E-state index is 11.7. The van der Waals surface area contributed by atoms with Crippen LogP contribution >= 0.6 is 0 Å². The molecule has 0 heterocycles. The Morgan fingerprint density at radius 1 is 1.29 bits per heavy atom. The molecular weight excluding hydrogens is 220 g/mol. The Labute approximate surface area is 102 Å². The van der Waals surface area contributed by atoms with Crippen LogP contribution in [-0.2, 0) is 9.59 Å². The first kappa shape index (κ1) is 14.0. The van der Waals surface area contributed by atoms with Gasteiger partial charge < -0.3 is 10.4 Å². The molecule has 17 heavy (non-hydrogen) atoms. The standard InChI is InChI=1S/C12H22N2O3/c1-12(2,3)14(8-11(16)17)7-10(15)13-6-9-4-5-9/h9H,4-8H2,1-3H3,(H,13,15)(H,16,17). The molecule has 0 unspecified atom stereocenters. The van der Waals surface area contributed by atoms with Gasteiger partial charge in [-0.3, -0.25) is 14.5 Å². The molecule has 98 valence electrons. The molecule has 0 saturated heterocycles. The van der Waals surface area contributed by atoms with Crippen LogP contribution in [-0.4, -0.2) is 47.1 Å². The van der Waals surface area contributed by atoms with Crippen LogP contribution in [0.2, 0.25) is 0 Å². The summed E-state index contributed by atoms with van der Waals surface area (Å²) in [6.45, 7) is 6.48. The van der Waals surface area contributed by atoms with Gasteiger partial charge in [-0.1, -0.05) is 0 Å². The van der Waals surface area contributed by atoms with Gasteiger partial charge in [0.1, 0.15) is 0 Å². The first-order valence-electron chi connectivity index (χ1n) is 6.02. The normalized spacial score (nSPS) is 16.0. The second kappa shape index (κ2) is 5.49. The highest BCUT2D eigenvalue weighted by atomic mass is 16.4. The number of nitrogens with one attached hydrogen (secondary N) is 1. The average Bonchev–Trinajstić information content (AvgIpc) is 2.94. The van der Waals surface area contributed by atoms with Gasteiger partial charge >= 0.3 is 5.97 Å². The first-order chi connectivity index (χ1) is 7.79. The number of nitrogens with zero attached hydrogens (tertiary/aromatic N) is 1. The van der Waals surface area contributed by atoms with Gasteiger partial charge in [-0.2, -0.15) is 0 Å². The molecule has 1 fully saturated rings. The molecule has 1 saturated carbocycles. The van der Waals surface area contributed by atoms with Crippen LogP contribution in [0.15, 0.2) is 0 Å². The Kier molecular flexibility index (Phi) is 4.51. The van der Waals surface area contributed by atoms with E-state index in [9.17, 15) is 9.59 Å². The number of carbonyl (C=O) groups excluding carboxylic acids is 1. The van der Waals surface area contributed by atoms with Crippen LogP contribution in [0.25, 0.3) is 0 Å². The number of aliphatic carboxylic acids is 1. The molecule has 0 spiro atoms. The predicted molar refractivity (Wildman–Crippen MR) is 64.7 cm³/mol. The van der Waals surface area contributed by atoms with Crippen LogP contribution in [0.3, 0.4) is 0 Å². The molecule has 0 aromatic rings. The second-order valence-corrected chi connectivity index (χ2v) is 5.67. The zero-order valence-corrected chi connectivity index (χ0v) is 10.8. The number of carboxylic acids is 1. The summed E-state index contributed by atoms with van der Waals surface area (Å²) in [6.07, 6.45) is 2.39. The topological polar surface area (TPSA) is 69.6 Å². The van der Waals surface area contributed by atoms with Crippen molar-refractivity contribution in [2.75, 3.05) is 19.6 Å². The van der Waals surface area contributed by atoms with Crippen molar-refractivity contribution in [1.82, 2.24) is 10.2 Å². The zero-order valence-electron chi connectivity index (χ0n) is 10.8. The number of rotatable bonds is 6. The highest BCUT2D eigenvalue weighted by molar-refractivity contribution is 5.79. The minimum atomic E-state index is -0.907. The Morgan fingerprint density at radius 3 is 2.29 bits per heavy atom. The molecule has 0 aromatic carbocycles. The third kappa shape index (κ3) is 5.68. The van der Waals surface area contributed by atoms with Crippen LogP contribution in [0.1, 0.15) is 33.6 Å². The molecule has 2 N–H and O–H groups in total. The van der Waals surface area contributed by atoms with E-state index < -0.39 is 5.97 Å². The van der Waals surface area contributed by atoms with Gasteiger partial charge in [-0.05, 0) is 39.5 Å². The van der Waals surface area contributed by atoms with E-state index in [1.807, 2.05) is 20.8 Å². The van der Waals surface area contributed by atoms with Gasteiger partial charge in [0.05, 0.1) is 13.1 Å². The lowest BCUT2D eigenvalue weighted by molar-refractivity contribution is -0.140. The van der Waals surface area contributed by atoms with E-state index in [1.54, 1.807) is 4.90 Å². The average molecular weight is 242 g/mol. The van der Waals surface area contributed by atoms with E-state index in [0.29, 0.717) is 5.92 Å². The maximum absolute atomic E-state index is 11.7. The van der Waals surface area contributed by atoms with Crippen LogP contribution in [0, 0.1) is 5.92 Å². The molecule has 5 nitrogen and oxygen atoms in total. The van der Waals surface area contributed by atoms with E-state index in [4.69, 9.17) is 5.11 Å². The van der Waals surface area contributed by atoms with Crippen molar-refractivity contribution < 1.29 is 14.7 Å². The number of hydrogen-bond donors (Lipinski definition) is 2. The van der Waals surface area contributed by atoms with E-state index in [0.717, 1.165) is 6.54 Å². The summed E-state index contributed by atoms with van der Waals surface area (Å²) in [5, 5.41) is 11.7. The minimum absolute atomic E-state index is 0.0897. The van der Waals surface area contributed by atoms with Gasteiger partial charge in [0, 0.05) is 12.1 Å². The summed E-state index contributed by atoms with van der Waals surface area (Å²) in [7, 11) is 0. The molecule has 1 rings (SSSR count). The fourth-order valence-electron chi connectivity index (χ4n) is 1.50. The van der Waals surface area contributed by atoms with Gasteiger partial charge in [0.15, 0.2) is 0 Å². The number of carboxylic acid groups (broad SMARTS) is 1. The van der Waals surface area contributed by atoms with E-state index in [1.165, 1.54) is 12.8 Å². The molecule has 0 aromatic heterocycles. The van der Waals surface area contributed by atoms with Crippen molar-refractivity contribution >= 4 is 11.9 Å². The monoisotopic (exact) mass is 242 g/mol. The summed E-state index contributed by atoms with van der Waals surface area (Å²) in [4.78, 5) is 24.1. The van der Waals surface area contributed by atoms with Crippen molar-refractivity contribution in [3.8, 4) is 0 Å². The van der Waals surface area contributed by atoms with E-state index >= 15 is 0 Å². The van der Waals surface area contributed by atoms with Gasteiger partial charge in [-0.25, -0.2) is 0 Å². The number of carbonyl (C=O) groups is 2. The smallest absolute Gasteiger partial charge is 0.317 e. The van der Waals surface area contributed by atoms with Crippen molar-refractivity contribution in [2.45, 2.75) is 39.2 Å². The van der Waals surface area contributed by atoms with Crippen molar-refractivity contribution in [3.63, 3.8) is 0 Å². The Bertz CT molecular complexity index is 293. The molecule has 5 heteroatoms. The van der Waals surface area contributed by atoms with Crippen LogP contribution < -0.4 is 5.32 Å². The van der Waals surface area contributed by atoms with Gasteiger partial charge in [-0.15, -0.1) is 0 Å². The van der Waals surface area contributed by atoms with Crippen molar-refractivity contribution in [1.29, 1.82) is 0 Å². The predicted octanol–water partition coefficient (Wildman–Crippen LogP) is 0.698. The SMILES string of the molecule is CC(C)(C)N(CC(=O)O)CC(=O)NCC1CC1. The number of hydrogen-bond acceptors (Lipinski definition) is 3. The van der Waals surface area contributed by atoms with Crippen molar-refractivity contribution in [3.05, 3.63) is 0 Å². The van der Waals surface area contributed by atoms with E-state index in [-0.39, 0.29) is 24.5 Å². The molecule has 0 aliphatic heterocycles. The van der Waals surface area contributed by atoms with Crippen LogP contribution in [0.5, 0.6) is 0 Å². The molecular formula is C12H22N2O3. The molecule has 0 bridgehead atoms. The maximum Gasteiger partial charge on any atom is 0.317 e. The fraction of sp³-hybridized carbons (Fsp3) is 0.833. The molecule has 1 amide bonds. The second-order valence-electron chi connectivity index (χ2n) is 5.67. The minimum Gasteiger partial charge on any atom is -0.480 e. The first-order valence-corrected chi connectivity index (χ1v) is 6.02. The lowest BCUT2D eigenvalue weighted by atomic mass is 10.1. The fourth-order valence-corrected chi connectivity index (χ4v) is 1.50. The summed E-state index contributed by atoms with van der Waals surface area (Å²) in [6, 6.07) is 0. The summed E-state index contributed by atoms with van der Waals surface area (Å²) < 4.78 is 0. The molecule has 1 aliphatic carbocycles. The summed E-state index contributed by atoms with van der Waals surface area (Å²) >= 11 is 0. The highest BCUT2D eigenvalue weighted by Crippen LogP contribution is 2.27. The lowest BCUT2D eigenvalue weighted by Crippen LogP contribution is -2.49. The molecule has 0 radical (unpaired) electrons. The highest BCUT2D eigenvalue weighted by Gasteiger charge is 2.27. The van der Waals surface area contributed by atoms with Gasteiger partial charge in [0.2, 0.25) is 5.91 Å². The lowest BCUT2D eigenvalue weighted by Gasteiger charge is -2.33. The third-order valence-corrected chi connectivity index (χ3v) is 2.89. The zero-order chi connectivity index (χ0) is 13.1. The Morgan fingerprint density at radius 2 is 1.88 bits per heavy atom. The largest absolute Gasteiger partial charge is 0.480 e. The molecule has 0 atom stereocenters. The van der Waals surface area contributed by atoms with Gasteiger partial charge in [0.25, 0.3) is 0 Å². The Hall–Kier alpha value is -1.10. The Balaban J connectivity index is 2.40. The third-order valence-electron chi connectivity index (χ3n) is 2.89. The molecule has 1 aliphatic rings. The van der Waals surface area contributed by atoms with Crippen molar-refractivity contribution in [2.24, 2.45) is 5.92 Å². The quantitative estimate of drug-likeness (QED) is 0.719. The summed E-state index contributed by atoms with van der Waals surface area (Å²) in [5.74, 6) is -0.357.